The van der Waals surface area contributed by atoms with E-state index in [1.807, 2.05) is 0 Å². The molecule has 1 aliphatic carbocycles. The average Bonchev–Trinajstić information content (AvgIpc) is 1.96. The molecule has 0 aromatic rings. The Hall–Kier alpha value is 0.943. The van der Waals surface area contributed by atoms with E-state index in [1.54, 1.807) is 0 Å². The SMILES string of the molecule is CC1=[C-]C=C(C)C1(C)C.Cl.Cl.[Zr]. The molecule has 0 N–H and O–H groups in total. The molecule has 0 atom stereocenters. The van der Waals surface area contributed by atoms with E-state index in [0.29, 0.717) is 0 Å². The summed E-state index contributed by atoms with van der Waals surface area (Å²) in [6.45, 7) is 8.75. The molecule has 0 spiro atoms. The molecule has 0 amide bonds. The standard InChI is InChI=1S/C9H13.2ClH.Zr/c1-7-5-6-8(2)9(7,3)4;;;/h5H,1-4H3;2*1H;/q-1;;;. The second-order valence-electron chi connectivity index (χ2n) is 3.22. The smallest absolute Gasteiger partial charge is 0 e. The van der Waals surface area contributed by atoms with Crippen LogP contribution in [0.3, 0.4) is 0 Å². The third kappa shape index (κ3) is 3.36. The van der Waals surface area contributed by atoms with Crippen LogP contribution in [-0.2, 0) is 26.2 Å². The van der Waals surface area contributed by atoms with E-state index < -0.39 is 0 Å². The molecule has 0 unspecified atom stereocenters. The monoisotopic (exact) mass is 283 g/mol. The van der Waals surface area contributed by atoms with Crippen LogP contribution in [0.4, 0.5) is 0 Å². The van der Waals surface area contributed by atoms with Gasteiger partial charge in [0.2, 0.25) is 0 Å². The molecule has 0 nitrogen and oxygen atoms in total. The molecule has 0 saturated heterocycles. The summed E-state index contributed by atoms with van der Waals surface area (Å²) in [6, 6.07) is 0. The van der Waals surface area contributed by atoms with Gasteiger partial charge in [0.15, 0.2) is 0 Å². The fourth-order valence-corrected chi connectivity index (χ4v) is 0.873. The zero-order chi connectivity index (χ0) is 7.07. The summed E-state index contributed by atoms with van der Waals surface area (Å²) in [5.74, 6) is 0. The molecular formula is C9H15Cl2Zr-. The molecule has 0 aromatic carbocycles. The van der Waals surface area contributed by atoms with Gasteiger partial charge >= 0.3 is 0 Å². The van der Waals surface area contributed by atoms with Crippen molar-refractivity contribution in [3.05, 3.63) is 23.3 Å². The molecule has 3 heteroatoms. The summed E-state index contributed by atoms with van der Waals surface area (Å²) < 4.78 is 0. The van der Waals surface area contributed by atoms with Crippen molar-refractivity contribution in [3.8, 4) is 0 Å². The summed E-state index contributed by atoms with van der Waals surface area (Å²) in [5, 5.41) is 0. The van der Waals surface area contributed by atoms with Crippen molar-refractivity contribution in [1.29, 1.82) is 0 Å². The molecule has 0 aliphatic heterocycles. The number of halogens is 2. The van der Waals surface area contributed by atoms with E-state index >= 15 is 0 Å². The van der Waals surface area contributed by atoms with Gasteiger partial charge in [-0.1, -0.05) is 26.2 Å². The Bertz CT molecular complexity index is 173. The van der Waals surface area contributed by atoms with Gasteiger partial charge in [0.1, 0.15) is 0 Å². The minimum Gasteiger partial charge on any atom is -0.252 e. The molecule has 1 rings (SSSR count). The number of hydrogen-bond donors (Lipinski definition) is 0. The van der Waals surface area contributed by atoms with E-state index in [0.717, 1.165) is 0 Å². The molecule has 0 bridgehead atoms. The van der Waals surface area contributed by atoms with Gasteiger partial charge in [-0.25, -0.2) is 11.6 Å². The molecule has 0 aromatic heterocycles. The molecule has 0 radical (unpaired) electrons. The second-order valence-corrected chi connectivity index (χ2v) is 3.22. The van der Waals surface area contributed by atoms with Gasteiger partial charge in [0.25, 0.3) is 0 Å². The summed E-state index contributed by atoms with van der Waals surface area (Å²) >= 11 is 0. The first-order chi connectivity index (χ1) is 4.05. The van der Waals surface area contributed by atoms with Crippen LogP contribution in [0, 0.1) is 11.5 Å². The number of rotatable bonds is 0. The van der Waals surface area contributed by atoms with Crippen molar-refractivity contribution in [3.63, 3.8) is 0 Å². The molecule has 0 saturated carbocycles. The minimum atomic E-state index is 0. The summed E-state index contributed by atoms with van der Waals surface area (Å²) in [4.78, 5) is 0. The zero-order valence-corrected chi connectivity index (χ0v) is 12.0. The van der Waals surface area contributed by atoms with Crippen LogP contribution >= 0.6 is 24.8 Å². The minimum absolute atomic E-state index is 0. The number of hydrogen-bond acceptors (Lipinski definition) is 0. The van der Waals surface area contributed by atoms with Crippen molar-refractivity contribution in [2.45, 2.75) is 27.7 Å². The topological polar surface area (TPSA) is 0 Å². The second kappa shape index (κ2) is 6.40. The van der Waals surface area contributed by atoms with Crippen LogP contribution in [0.2, 0.25) is 0 Å². The van der Waals surface area contributed by atoms with Gasteiger partial charge in [0.05, 0.1) is 0 Å². The van der Waals surface area contributed by atoms with Crippen molar-refractivity contribution < 1.29 is 26.2 Å². The molecule has 12 heavy (non-hydrogen) atoms. The molecule has 0 heterocycles. The first kappa shape index (κ1) is 18.7. The van der Waals surface area contributed by atoms with Gasteiger partial charge in [-0.2, -0.15) is 5.57 Å². The van der Waals surface area contributed by atoms with Gasteiger partial charge in [-0.15, -0.1) is 31.7 Å². The Morgan fingerprint density at radius 3 is 1.67 bits per heavy atom. The average molecular weight is 285 g/mol. The summed E-state index contributed by atoms with van der Waals surface area (Å²) in [6.07, 6.45) is 5.29. The Balaban J connectivity index is -0.000000270. The third-order valence-corrected chi connectivity index (χ3v) is 2.43. The van der Waals surface area contributed by atoms with E-state index in [-0.39, 0.29) is 56.4 Å². The first-order valence-corrected chi connectivity index (χ1v) is 3.33. The Morgan fingerprint density at radius 2 is 1.58 bits per heavy atom. The molecule has 70 valence electrons. The molecular weight excluding hydrogens is 270 g/mol. The normalized spacial score (nSPS) is 17.7. The van der Waals surface area contributed by atoms with Gasteiger partial charge in [-0.3, -0.25) is 6.08 Å². The summed E-state index contributed by atoms with van der Waals surface area (Å²) in [7, 11) is 0. The zero-order valence-electron chi connectivity index (χ0n) is 7.89. The van der Waals surface area contributed by atoms with Crippen LogP contribution < -0.4 is 0 Å². The van der Waals surface area contributed by atoms with E-state index in [9.17, 15) is 0 Å². The largest absolute Gasteiger partial charge is 0.252 e. The maximum atomic E-state index is 3.21. The molecule has 1 aliphatic rings. The van der Waals surface area contributed by atoms with Crippen molar-refractivity contribution in [2.24, 2.45) is 5.41 Å². The van der Waals surface area contributed by atoms with Crippen LogP contribution in [0.25, 0.3) is 0 Å². The van der Waals surface area contributed by atoms with Crippen molar-refractivity contribution >= 4 is 24.8 Å². The van der Waals surface area contributed by atoms with E-state index in [4.69, 9.17) is 0 Å². The Kier molecular flexibility index (Phi) is 9.97. The third-order valence-electron chi connectivity index (χ3n) is 2.43. The van der Waals surface area contributed by atoms with Crippen LogP contribution in [0.15, 0.2) is 17.2 Å². The number of allylic oxidation sites excluding steroid dienone is 4. The Labute approximate surface area is 107 Å². The first-order valence-electron chi connectivity index (χ1n) is 3.33. The Morgan fingerprint density at radius 1 is 1.17 bits per heavy atom. The maximum Gasteiger partial charge on any atom is 0 e. The van der Waals surface area contributed by atoms with Gasteiger partial charge in [0, 0.05) is 26.2 Å². The van der Waals surface area contributed by atoms with E-state index in [2.05, 4.69) is 39.8 Å². The predicted molar refractivity (Wildman–Crippen MR) is 54.5 cm³/mol. The van der Waals surface area contributed by atoms with Crippen LogP contribution in [0.1, 0.15) is 27.7 Å². The fourth-order valence-electron chi connectivity index (χ4n) is 0.873. The van der Waals surface area contributed by atoms with E-state index in [1.165, 1.54) is 11.1 Å². The predicted octanol–water partition coefficient (Wildman–Crippen LogP) is 3.56. The van der Waals surface area contributed by atoms with Crippen LogP contribution in [-0.4, -0.2) is 0 Å². The quantitative estimate of drug-likeness (QED) is 0.597. The van der Waals surface area contributed by atoms with Gasteiger partial charge in [-0.05, 0) is 0 Å². The summed E-state index contributed by atoms with van der Waals surface area (Å²) in [5.41, 5.74) is 3.04. The molecule has 0 fully saturated rings. The van der Waals surface area contributed by atoms with Crippen LogP contribution in [0.5, 0.6) is 0 Å². The van der Waals surface area contributed by atoms with Crippen molar-refractivity contribution in [1.82, 2.24) is 0 Å². The van der Waals surface area contributed by atoms with Crippen molar-refractivity contribution in [2.75, 3.05) is 0 Å². The van der Waals surface area contributed by atoms with Gasteiger partial charge < -0.3 is 0 Å². The fraction of sp³-hybridized carbons (Fsp3) is 0.556. The maximum absolute atomic E-state index is 3.21.